The van der Waals surface area contributed by atoms with Crippen molar-refractivity contribution in [3.63, 3.8) is 0 Å². The van der Waals surface area contributed by atoms with Crippen molar-refractivity contribution in [2.75, 3.05) is 0 Å². The van der Waals surface area contributed by atoms with E-state index in [1.807, 2.05) is 12.1 Å². The topological polar surface area (TPSA) is 0 Å². The SMILES string of the molecule is C=CC1CCC(c2ccc(/C=C/C(F)(F)F)c(Cl)c2)CC1. The minimum Gasteiger partial charge on any atom is -0.167 e. The van der Waals surface area contributed by atoms with Crippen molar-refractivity contribution >= 4 is 17.7 Å². The van der Waals surface area contributed by atoms with Crippen LogP contribution in [0.5, 0.6) is 0 Å². The van der Waals surface area contributed by atoms with Crippen molar-refractivity contribution in [2.45, 2.75) is 37.8 Å². The van der Waals surface area contributed by atoms with Crippen molar-refractivity contribution in [3.8, 4) is 0 Å². The van der Waals surface area contributed by atoms with E-state index in [-0.39, 0.29) is 6.08 Å². The highest BCUT2D eigenvalue weighted by Gasteiger charge is 2.23. The predicted molar refractivity (Wildman–Crippen MR) is 81.4 cm³/mol. The molecule has 0 amide bonds. The molecule has 0 spiro atoms. The van der Waals surface area contributed by atoms with Crippen LogP contribution >= 0.6 is 11.6 Å². The maximum absolute atomic E-state index is 12.2. The molecule has 21 heavy (non-hydrogen) atoms. The summed E-state index contributed by atoms with van der Waals surface area (Å²) in [4.78, 5) is 0. The van der Waals surface area contributed by atoms with Crippen LogP contribution in [0, 0.1) is 5.92 Å². The first-order chi connectivity index (χ1) is 9.89. The first-order valence-electron chi connectivity index (χ1n) is 7.07. The Balaban J connectivity index is 2.09. The van der Waals surface area contributed by atoms with Crippen LogP contribution in [0.15, 0.2) is 36.9 Å². The lowest BCUT2D eigenvalue weighted by Crippen LogP contribution is -2.11. The number of rotatable bonds is 3. The summed E-state index contributed by atoms with van der Waals surface area (Å²) in [6, 6.07) is 5.36. The van der Waals surface area contributed by atoms with Gasteiger partial charge >= 0.3 is 6.18 Å². The highest BCUT2D eigenvalue weighted by atomic mass is 35.5. The average Bonchev–Trinajstić information content (AvgIpc) is 2.45. The van der Waals surface area contributed by atoms with Crippen LogP contribution in [-0.2, 0) is 0 Å². The fourth-order valence-electron chi connectivity index (χ4n) is 2.80. The first kappa shape index (κ1) is 16.2. The standard InChI is InChI=1S/C17H18ClF3/c1-2-12-3-5-13(6-4-12)15-8-7-14(16(18)11-15)9-10-17(19,20)21/h2,7-13H,1,3-6H2/b10-9+. The van der Waals surface area contributed by atoms with Crippen LogP contribution in [0.1, 0.15) is 42.7 Å². The second-order valence-electron chi connectivity index (χ2n) is 5.50. The molecule has 0 bridgehead atoms. The number of halogens is 4. The van der Waals surface area contributed by atoms with Crippen molar-refractivity contribution < 1.29 is 13.2 Å². The Morgan fingerprint density at radius 1 is 1.14 bits per heavy atom. The van der Waals surface area contributed by atoms with Gasteiger partial charge in [-0.25, -0.2) is 0 Å². The first-order valence-corrected chi connectivity index (χ1v) is 7.45. The molecule has 1 aliphatic carbocycles. The van der Waals surface area contributed by atoms with Crippen molar-refractivity contribution in [3.05, 3.63) is 53.1 Å². The number of hydrogen-bond donors (Lipinski definition) is 0. The molecule has 0 nitrogen and oxygen atoms in total. The molecule has 0 aromatic heterocycles. The third-order valence-electron chi connectivity index (χ3n) is 4.05. The average molecular weight is 315 g/mol. The molecule has 114 valence electrons. The minimum atomic E-state index is -4.31. The van der Waals surface area contributed by atoms with Crippen molar-refractivity contribution in [2.24, 2.45) is 5.92 Å². The number of allylic oxidation sites excluding steroid dienone is 2. The van der Waals surface area contributed by atoms with Gasteiger partial charge in [-0.2, -0.15) is 13.2 Å². The molecule has 0 radical (unpaired) electrons. The summed E-state index contributed by atoms with van der Waals surface area (Å²) < 4.78 is 36.5. The third kappa shape index (κ3) is 4.63. The lowest BCUT2D eigenvalue weighted by Gasteiger charge is -2.27. The summed E-state index contributed by atoms with van der Waals surface area (Å²) in [6.45, 7) is 3.83. The number of hydrogen-bond acceptors (Lipinski definition) is 0. The Morgan fingerprint density at radius 2 is 1.81 bits per heavy atom. The summed E-state index contributed by atoms with van der Waals surface area (Å²) in [5.74, 6) is 1.03. The Bertz CT molecular complexity index is 523. The second kappa shape index (κ2) is 6.69. The summed E-state index contributed by atoms with van der Waals surface area (Å²) >= 11 is 6.10. The Kier molecular flexibility index (Phi) is 5.15. The zero-order chi connectivity index (χ0) is 15.5. The molecule has 0 N–H and O–H groups in total. The van der Waals surface area contributed by atoms with Gasteiger partial charge < -0.3 is 0 Å². The van der Waals surface area contributed by atoms with Gasteiger partial charge in [0.2, 0.25) is 0 Å². The zero-order valence-electron chi connectivity index (χ0n) is 11.7. The van der Waals surface area contributed by atoms with Crippen LogP contribution < -0.4 is 0 Å². The van der Waals surface area contributed by atoms with Crippen molar-refractivity contribution in [1.29, 1.82) is 0 Å². The molecular weight excluding hydrogens is 297 g/mol. The van der Waals surface area contributed by atoms with E-state index in [4.69, 9.17) is 11.6 Å². The minimum absolute atomic E-state index is 0.211. The van der Waals surface area contributed by atoms with Crippen LogP contribution in [0.2, 0.25) is 5.02 Å². The molecule has 1 fully saturated rings. The highest BCUT2D eigenvalue weighted by molar-refractivity contribution is 6.32. The normalized spacial score (nSPS) is 23.4. The molecule has 0 unspecified atom stereocenters. The monoisotopic (exact) mass is 314 g/mol. The smallest absolute Gasteiger partial charge is 0.167 e. The fraction of sp³-hybridized carbons (Fsp3) is 0.412. The Labute approximate surface area is 128 Å². The van der Waals surface area contributed by atoms with E-state index in [2.05, 4.69) is 6.58 Å². The van der Waals surface area contributed by atoms with Gasteiger partial charge in [-0.05, 0) is 60.8 Å². The van der Waals surface area contributed by atoms with E-state index >= 15 is 0 Å². The summed E-state index contributed by atoms with van der Waals surface area (Å²) in [7, 11) is 0. The second-order valence-corrected chi connectivity index (χ2v) is 5.91. The van der Waals surface area contributed by atoms with Gasteiger partial charge in [0.05, 0.1) is 0 Å². The molecule has 1 aromatic carbocycles. The molecule has 4 heteroatoms. The van der Waals surface area contributed by atoms with E-state index in [0.717, 1.165) is 37.3 Å². The quantitative estimate of drug-likeness (QED) is 0.568. The molecule has 0 aliphatic heterocycles. The largest absolute Gasteiger partial charge is 0.409 e. The van der Waals surface area contributed by atoms with Gasteiger partial charge in [0.25, 0.3) is 0 Å². The van der Waals surface area contributed by atoms with E-state index < -0.39 is 6.18 Å². The molecule has 1 aliphatic rings. The summed E-state index contributed by atoms with van der Waals surface area (Å²) in [6.07, 6.45) is 3.29. The van der Waals surface area contributed by atoms with Gasteiger partial charge in [-0.1, -0.05) is 29.8 Å². The van der Waals surface area contributed by atoms with E-state index in [0.29, 0.717) is 22.4 Å². The van der Waals surface area contributed by atoms with Crippen molar-refractivity contribution in [1.82, 2.24) is 0 Å². The molecule has 0 atom stereocenters. The molecule has 1 aromatic rings. The van der Waals surface area contributed by atoms with E-state index in [1.54, 1.807) is 12.1 Å². The van der Waals surface area contributed by atoms with Crippen LogP contribution in [-0.4, -0.2) is 6.18 Å². The third-order valence-corrected chi connectivity index (χ3v) is 4.38. The van der Waals surface area contributed by atoms with Crippen LogP contribution in [0.4, 0.5) is 13.2 Å². The van der Waals surface area contributed by atoms with E-state index in [9.17, 15) is 13.2 Å². The van der Waals surface area contributed by atoms with Gasteiger partial charge in [-0.3, -0.25) is 0 Å². The summed E-state index contributed by atoms with van der Waals surface area (Å²) in [5, 5.41) is 0.374. The number of benzene rings is 1. The maximum Gasteiger partial charge on any atom is 0.409 e. The van der Waals surface area contributed by atoms with E-state index in [1.165, 1.54) is 0 Å². The molecule has 2 rings (SSSR count). The summed E-state index contributed by atoms with van der Waals surface area (Å²) in [5.41, 5.74) is 1.52. The van der Waals surface area contributed by atoms with Crippen LogP contribution in [0.3, 0.4) is 0 Å². The highest BCUT2D eigenvalue weighted by Crippen LogP contribution is 2.37. The van der Waals surface area contributed by atoms with Gasteiger partial charge in [-0.15, -0.1) is 6.58 Å². The van der Waals surface area contributed by atoms with Gasteiger partial charge in [0.15, 0.2) is 0 Å². The Morgan fingerprint density at radius 3 is 2.33 bits per heavy atom. The zero-order valence-corrected chi connectivity index (χ0v) is 12.4. The van der Waals surface area contributed by atoms with Crippen LogP contribution in [0.25, 0.3) is 6.08 Å². The van der Waals surface area contributed by atoms with Gasteiger partial charge in [0.1, 0.15) is 0 Å². The molecule has 1 saturated carbocycles. The molecule has 0 saturated heterocycles. The maximum atomic E-state index is 12.2. The predicted octanol–water partition coefficient (Wildman–Crippen LogP) is 6.38. The number of alkyl halides is 3. The lowest BCUT2D eigenvalue weighted by atomic mass is 9.78. The fourth-order valence-corrected chi connectivity index (χ4v) is 3.06. The molecule has 0 heterocycles. The lowest BCUT2D eigenvalue weighted by molar-refractivity contribution is -0.0790. The van der Waals surface area contributed by atoms with Gasteiger partial charge in [0, 0.05) is 11.1 Å². The Hall–Kier alpha value is -1.22. The molecular formula is C17H18ClF3.